The lowest BCUT2D eigenvalue weighted by molar-refractivity contribution is -0.137. The van der Waals surface area contributed by atoms with E-state index in [9.17, 15) is 13.2 Å². The van der Waals surface area contributed by atoms with Crippen LogP contribution in [0.2, 0.25) is 0 Å². The van der Waals surface area contributed by atoms with E-state index in [-0.39, 0.29) is 11.9 Å². The summed E-state index contributed by atoms with van der Waals surface area (Å²) >= 11 is 3.04. The molecule has 0 aliphatic carbocycles. The number of hydrogen-bond donors (Lipinski definition) is 1. The van der Waals surface area contributed by atoms with Crippen LogP contribution in [0, 0.1) is 5.92 Å². The molecular weight excluding hydrogens is 347 g/mol. The van der Waals surface area contributed by atoms with E-state index in [1.807, 2.05) is 32.8 Å². The van der Waals surface area contributed by atoms with Gasteiger partial charge in [-0.15, -0.1) is 0 Å². The topological polar surface area (TPSA) is 28.2 Å². The van der Waals surface area contributed by atoms with E-state index in [0.717, 1.165) is 12.5 Å². The standard InChI is InChI=1S/C14H21BrF3N3/c1-9(2)5-11(8-21(3)4)20-13-12(14(16,17)18)6-10(15)7-19-13/h6-7,9,11H,5,8H2,1-4H3,(H,19,20). The first-order valence-electron chi connectivity index (χ1n) is 6.73. The number of alkyl halides is 3. The molecule has 21 heavy (non-hydrogen) atoms. The van der Waals surface area contributed by atoms with Gasteiger partial charge in [0.25, 0.3) is 0 Å². The lowest BCUT2D eigenvalue weighted by Gasteiger charge is -2.25. The fourth-order valence-electron chi connectivity index (χ4n) is 2.15. The number of halogens is 4. The molecule has 0 bridgehead atoms. The summed E-state index contributed by atoms with van der Waals surface area (Å²) in [5.41, 5.74) is -0.746. The molecule has 7 heteroatoms. The minimum atomic E-state index is -4.43. The second kappa shape index (κ2) is 7.45. The lowest BCUT2D eigenvalue weighted by atomic mass is 10.0. The second-order valence-corrected chi connectivity index (χ2v) is 6.70. The number of anilines is 1. The minimum absolute atomic E-state index is 0.0882. The predicted octanol–water partition coefficient (Wildman–Crippen LogP) is 4.25. The van der Waals surface area contributed by atoms with Crippen molar-refractivity contribution in [3.05, 3.63) is 22.3 Å². The van der Waals surface area contributed by atoms with E-state index < -0.39 is 11.7 Å². The average molecular weight is 368 g/mol. The first-order chi connectivity index (χ1) is 9.59. The molecule has 0 aromatic carbocycles. The van der Waals surface area contributed by atoms with E-state index in [1.165, 1.54) is 6.20 Å². The highest BCUT2D eigenvalue weighted by atomic mass is 79.9. The molecule has 1 unspecified atom stereocenters. The van der Waals surface area contributed by atoms with Gasteiger partial charge in [-0.05, 0) is 48.4 Å². The van der Waals surface area contributed by atoms with Crippen molar-refractivity contribution in [3.8, 4) is 0 Å². The molecule has 1 rings (SSSR count). The van der Waals surface area contributed by atoms with Crippen LogP contribution in [0.3, 0.4) is 0 Å². The van der Waals surface area contributed by atoms with E-state index in [2.05, 4.69) is 26.2 Å². The normalized spacial score (nSPS) is 13.8. The molecule has 1 N–H and O–H groups in total. The molecule has 0 radical (unpaired) electrons. The smallest absolute Gasteiger partial charge is 0.366 e. The van der Waals surface area contributed by atoms with Gasteiger partial charge >= 0.3 is 6.18 Å². The number of nitrogens with one attached hydrogen (secondary N) is 1. The van der Waals surface area contributed by atoms with Crippen molar-refractivity contribution in [3.63, 3.8) is 0 Å². The summed E-state index contributed by atoms with van der Waals surface area (Å²) in [6.07, 6.45) is -2.29. The lowest BCUT2D eigenvalue weighted by Crippen LogP contribution is -2.34. The highest BCUT2D eigenvalue weighted by molar-refractivity contribution is 9.10. The van der Waals surface area contributed by atoms with Crippen molar-refractivity contribution in [2.45, 2.75) is 32.5 Å². The number of pyridine rings is 1. The van der Waals surface area contributed by atoms with Crippen LogP contribution >= 0.6 is 15.9 Å². The maximum absolute atomic E-state index is 13.1. The summed E-state index contributed by atoms with van der Waals surface area (Å²) in [6.45, 7) is 4.74. The van der Waals surface area contributed by atoms with Crippen molar-refractivity contribution in [1.29, 1.82) is 0 Å². The van der Waals surface area contributed by atoms with Crippen molar-refractivity contribution in [2.24, 2.45) is 5.92 Å². The summed E-state index contributed by atoms with van der Waals surface area (Å²) < 4.78 is 39.6. The molecule has 0 saturated carbocycles. The van der Waals surface area contributed by atoms with Crippen LogP contribution in [0.5, 0.6) is 0 Å². The summed E-state index contributed by atoms with van der Waals surface area (Å²) in [4.78, 5) is 5.85. The zero-order valence-electron chi connectivity index (χ0n) is 12.6. The summed E-state index contributed by atoms with van der Waals surface area (Å²) in [5, 5.41) is 2.95. The first-order valence-corrected chi connectivity index (χ1v) is 7.53. The van der Waals surface area contributed by atoms with Gasteiger partial charge < -0.3 is 10.2 Å². The summed E-state index contributed by atoms with van der Waals surface area (Å²) in [6, 6.07) is 0.965. The van der Waals surface area contributed by atoms with E-state index in [4.69, 9.17) is 0 Å². The van der Waals surface area contributed by atoms with Gasteiger partial charge in [-0.25, -0.2) is 4.98 Å². The maximum Gasteiger partial charge on any atom is 0.419 e. The number of hydrogen-bond acceptors (Lipinski definition) is 3. The Balaban J connectivity index is 3.02. The van der Waals surface area contributed by atoms with Gasteiger partial charge in [-0.3, -0.25) is 0 Å². The van der Waals surface area contributed by atoms with Crippen LogP contribution in [0.25, 0.3) is 0 Å². The molecule has 0 amide bonds. The molecule has 0 fully saturated rings. The molecule has 0 aliphatic rings. The average Bonchev–Trinajstić information content (AvgIpc) is 2.28. The minimum Gasteiger partial charge on any atom is -0.366 e. The quantitative estimate of drug-likeness (QED) is 0.814. The monoisotopic (exact) mass is 367 g/mol. The molecule has 0 spiro atoms. The van der Waals surface area contributed by atoms with Gasteiger partial charge in [0.15, 0.2) is 0 Å². The van der Waals surface area contributed by atoms with Gasteiger partial charge in [-0.1, -0.05) is 13.8 Å². The Morgan fingerprint density at radius 3 is 2.43 bits per heavy atom. The maximum atomic E-state index is 13.1. The van der Waals surface area contributed by atoms with Gasteiger partial charge in [0.1, 0.15) is 5.82 Å². The van der Waals surface area contributed by atoms with E-state index in [0.29, 0.717) is 16.9 Å². The molecule has 1 heterocycles. The number of rotatable bonds is 6. The van der Waals surface area contributed by atoms with Crippen LogP contribution in [0.4, 0.5) is 19.0 Å². The van der Waals surface area contributed by atoms with Gasteiger partial charge in [0, 0.05) is 23.3 Å². The number of likely N-dealkylation sites (N-methyl/N-ethyl adjacent to an activating group) is 1. The highest BCUT2D eigenvalue weighted by Crippen LogP contribution is 2.35. The molecule has 1 aromatic rings. The Morgan fingerprint density at radius 1 is 1.33 bits per heavy atom. The van der Waals surface area contributed by atoms with E-state index in [1.54, 1.807) is 0 Å². The summed E-state index contributed by atoms with van der Waals surface area (Å²) in [7, 11) is 3.80. The van der Waals surface area contributed by atoms with Crippen LogP contribution in [0.1, 0.15) is 25.8 Å². The second-order valence-electron chi connectivity index (χ2n) is 5.78. The van der Waals surface area contributed by atoms with Crippen LogP contribution in [0.15, 0.2) is 16.7 Å². The van der Waals surface area contributed by atoms with Crippen molar-refractivity contribution >= 4 is 21.7 Å². The summed E-state index contributed by atoms with van der Waals surface area (Å²) in [5.74, 6) is 0.269. The van der Waals surface area contributed by atoms with Crippen LogP contribution in [-0.2, 0) is 6.18 Å². The van der Waals surface area contributed by atoms with E-state index >= 15 is 0 Å². The fraction of sp³-hybridized carbons (Fsp3) is 0.643. The van der Waals surface area contributed by atoms with Crippen molar-refractivity contribution < 1.29 is 13.2 Å². The van der Waals surface area contributed by atoms with Crippen molar-refractivity contribution in [2.75, 3.05) is 26.0 Å². The zero-order chi connectivity index (χ0) is 16.2. The van der Waals surface area contributed by atoms with Crippen LogP contribution < -0.4 is 5.32 Å². The number of aromatic nitrogens is 1. The molecule has 1 aromatic heterocycles. The molecule has 0 aliphatic heterocycles. The van der Waals surface area contributed by atoms with Gasteiger partial charge in [0.2, 0.25) is 0 Å². The molecule has 3 nitrogen and oxygen atoms in total. The Kier molecular flexibility index (Phi) is 6.46. The van der Waals surface area contributed by atoms with Crippen molar-refractivity contribution in [1.82, 2.24) is 9.88 Å². The Bertz CT molecular complexity index is 451. The zero-order valence-corrected chi connectivity index (χ0v) is 14.2. The Morgan fingerprint density at radius 2 is 1.95 bits per heavy atom. The molecule has 1 atom stereocenters. The number of nitrogens with zero attached hydrogens (tertiary/aromatic N) is 2. The third-order valence-electron chi connectivity index (χ3n) is 2.84. The molecular formula is C14H21BrF3N3. The predicted molar refractivity (Wildman–Crippen MR) is 82.4 cm³/mol. The Hall–Kier alpha value is -0.820. The first kappa shape index (κ1) is 18.2. The third kappa shape index (κ3) is 6.22. The Labute approximate surface area is 132 Å². The molecule has 120 valence electrons. The fourth-order valence-corrected chi connectivity index (χ4v) is 2.48. The third-order valence-corrected chi connectivity index (χ3v) is 3.28. The largest absolute Gasteiger partial charge is 0.419 e. The van der Waals surface area contributed by atoms with Crippen LogP contribution in [-0.4, -0.2) is 36.6 Å². The van der Waals surface area contributed by atoms with Gasteiger partial charge in [-0.2, -0.15) is 13.2 Å². The SMILES string of the molecule is CC(C)CC(CN(C)C)Nc1ncc(Br)cc1C(F)(F)F. The highest BCUT2D eigenvalue weighted by Gasteiger charge is 2.35. The molecule has 0 saturated heterocycles. The van der Waals surface area contributed by atoms with Gasteiger partial charge in [0.05, 0.1) is 5.56 Å².